The molecule has 1 aromatic heterocycles. The molecule has 1 atom stereocenters. The molecule has 2 N–H and O–H groups in total. The highest BCUT2D eigenvalue weighted by atomic mass is 16.2. The second-order valence-electron chi connectivity index (χ2n) is 7.51. The first-order chi connectivity index (χ1) is 14.5. The third-order valence-electron chi connectivity index (χ3n) is 5.48. The van der Waals surface area contributed by atoms with Crippen molar-refractivity contribution in [2.45, 2.75) is 26.8 Å². The maximum Gasteiger partial charge on any atom is 0.321 e. The van der Waals surface area contributed by atoms with Gasteiger partial charge in [0.05, 0.1) is 17.9 Å². The summed E-state index contributed by atoms with van der Waals surface area (Å²) in [6, 6.07) is 14.8. The number of nitrogens with one attached hydrogen (secondary N) is 2. The number of benzene rings is 2. The number of aromatic nitrogens is 2. The molecule has 1 unspecified atom stereocenters. The van der Waals surface area contributed by atoms with E-state index in [9.17, 15) is 9.59 Å². The number of nitrogens with zero attached hydrogens (tertiary/aromatic N) is 3. The minimum absolute atomic E-state index is 0.139. The lowest BCUT2D eigenvalue weighted by molar-refractivity contribution is 0.0940. The van der Waals surface area contributed by atoms with Crippen molar-refractivity contribution in [3.8, 4) is 5.69 Å². The summed E-state index contributed by atoms with van der Waals surface area (Å²) in [5.41, 5.74) is 5.34. The van der Waals surface area contributed by atoms with Gasteiger partial charge in [-0.2, -0.15) is 5.10 Å². The van der Waals surface area contributed by atoms with Crippen molar-refractivity contribution in [2.24, 2.45) is 0 Å². The van der Waals surface area contributed by atoms with Gasteiger partial charge in [0.2, 0.25) is 0 Å². The van der Waals surface area contributed by atoms with Crippen molar-refractivity contribution >= 4 is 17.6 Å². The lowest BCUT2D eigenvalue weighted by Gasteiger charge is -2.17. The first-order valence-corrected chi connectivity index (χ1v) is 10.0. The largest absolute Gasteiger partial charge is 0.345 e. The Bertz CT molecular complexity index is 1100. The van der Waals surface area contributed by atoms with Crippen molar-refractivity contribution in [1.29, 1.82) is 0 Å². The Morgan fingerprint density at radius 1 is 1.17 bits per heavy atom. The smallest absolute Gasteiger partial charge is 0.321 e. The fraction of sp³-hybridized carbons (Fsp3) is 0.261. The quantitative estimate of drug-likeness (QED) is 0.684. The summed E-state index contributed by atoms with van der Waals surface area (Å²) < 4.78 is 1.90. The first kappa shape index (κ1) is 19.7. The van der Waals surface area contributed by atoms with Gasteiger partial charge in [0, 0.05) is 35.6 Å². The molecule has 154 valence electrons. The molecule has 1 aliphatic heterocycles. The number of anilines is 1. The van der Waals surface area contributed by atoms with E-state index in [0.29, 0.717) is 24.3 Å². The van der Waals surface area contributed by atoms with E-state index >= 15 is 0 Å². The van der Waals surface area contributed by atoms with Crippen LogP contribution in [-0.2, 0) is 0 Å². The van der Waals surface area contributed by atoms with Crippen LogP contribution in [0.5, 0.6) is 0 Å². The first-order valence-electron chi connectivity index (χ1n) is 10.0. The van der Waals surface area contributed by atoms with E-state index in [0.717, 1.165) is 22.5 Å². The second-order valence-corrected chi connectivity index (χ2v) is 7.51. The van der Waals surface area contributed by atoms with Crippen molar-refractivity contribution in [3.63, 3.8) is 0 Å². The van der Waals surface area contributed by atoms with E-state index in [-0.39, 0.29) is 18.0 Å². The topological polar surface area (TPSA) is 79.3 Å². The van der Waals surface area contributed by atoms with Crippen LogP contribution in [0.4, 0.5) is 10.5 Å². The van der Waals surface area contributed by atoms with Gasteiger partial charge < -0.3 is 10.6 Å². The molecule has 7 nitrogen and oxygen atoms in total. The Kier molecular flexibility index (Phi) is 5.27. The summed E-state index contributed by atoms with van der Waals surface area (Å²) >= 11 is 0. The third kappa shape index (κ3) is 3.66. The number of amides is 3. The molecule has 1 fully saturated rings. The maximum atomic E-state index is 12.9. The van der Waals surface area contributed by atoms with Crippen LogP contribution in [-0.4, -0.2) is 34.8 Å². The van der Waals surface area contributed by atoms with Crippen molar-refractivity contribution in [2.75, 3.05) is 18.0 Å². The van der Waals surface area contributed by atoms with Crippen LogP contribution in [0.25, 0.3) is 5.69 Å². The summed E-state index contributed by atoms with van der Waals surface area (Å²) in [4.78, 5) is 26.4. The van der Waals surface area contributed by atoms with Gasteiger partial charge in [0.25, 0.3) is 5.91 Å². The third-order valence-corrected chi connectivity index (χ3v) is 5.48. The lowest BCUT2D eigenvalue weighted by Crippen LogP contribution is -2.29. The lowest BCUT2D eigenvalue weighted by atomic mass is 10.1. The fourth-order valence-corrected chi connectivity index (χ4v) is 3.78. The van der Waals surface area contributed by atoms with Crippen LogP contribution in [0.3, 0.4) is 0 Å². The molecule has 0 aliphatic carbocycles. The number of aryl methyl sites for hydroxylation is 1. The van der Waals surface area contributed by atoms with Gasteiger partial charge >= 0.3 is 6.03 Å². The van der Waals surface area contributed by atoms with Gasteiger partial charge in [0.15, 0.2) is 0 Å². The fourth-order valence-electron chi connectivity index (χ4n) is 3.78. The van der Waals surface area contributed by atoms with Crippen LogP contribution in [0.1, 0.15) is 40.1 Å². The van der Waals surface area contributed by atoms with Crippen LogP contribution < -0.4 is 15.5 Å². The summed E-state index contributed by atoms with van der Waals surface area (Å²) in [6.07, 6.45) is 1.80. The van der Waals surface area contributed by atoms with Gasteiger partial charge in [-0.05, 0) is 50.6 Å². The number of rotatable bonds is 5. The molecule has 3 amide bonds. The van der Waals surface area contributed by atoms with E-state index in [4.69, 9.17) is 0 Å². The minimum atomic E-state index is -0.214. The number of carbonyl (C=O) groups is 2. The SMILES string of the molecule is Cc1ccccc1-n1ncc(C(C)NC(=O)c2cccc(N3CCNC3=O)c2)c1C. The van der Waals surface area contributed by atoms with E-state index in [1.54, 1.807) is 29.3 Å². The molecule has 7 heteroatoms. The van der Waals surface area contributed by atoms with Crippen LogP contribution >= 0.6 is 0 Å². The summed E-state index contributed by atoms with van der Waals surface area (Å²) in [5, 5.41) is 10.4. The van der Waals surface area contributed by atoms with Crippen LogP contribution in [0, 0.1) is 13.8 Å². The highest BCUT2D eigenvalue weighted by Gasteiger charge is 2.22. The number of carbonyl (C=O) groups excluding carboxylic acids is 2. The monoisotopic (exact) mass is 403 g/mol. The summed E-state index contributed by atoms with van der Waals surface area (Å²) in [7, 11) is 0. The van der Waals surface area contributed by atoms with Gasteiger partial charge in [0.1, 0.15) is 0 Å². The Morgan fingerprint density at radius 2 is 1.97 bits per heavy atom. The molecular formula is C23H25N5O2. The molecule has 2 aromatic carbocycles. The summed E-state index contributed by atoms with van der Waals surface area (Å²) in [6.45, 7) is 7.20. The van der Waals surface area contributed by atoms with Crippen molar-refractivity contribution in [1.82, 2.24) is 20.4 Å². The number of hydrogen-bond acceptors (Lipinski definition) is 3. The Morgan fingerprint density at radius 3 is 2.70 bits per heavy atom. The van der Waals surface area contributed by atoms with E-state index in [1.165, 1.54) is 0 Å². The zero-order valence-electron chi connectivity index (χ0n) is 17.3. The molecule has 30 heavy (non-hydrogen) atoms. The molecule has 3 aromatic rings. The Balaban J connectivity index is 1.52. The zero-order chi connectivity index (χ0) is 21.3. The molecule has 0 saturated carbocycles. The van der Waals surface area contributed by atoms with E-state index in [2.05, 4.69) is 28.7 Å². The maximum absolute atomic E-state index is 12.9. The number of hydrogen-bond donors (Lipinski definition) is 2. The van der Waals surface area contributed by atoms with Crippen LogP contribution in [0.15, 0.2) is 54.7 Å². The molecular weight excluding hydrogens is 378 g/mol. The van der Waals surface area contributed by atoms with Crippen molar-refractivity contribution < 1.29 is 9.59 Å². The van der Waals surface area contributed by atoms with Gasteiger partial charge in [-0.3, -0.25) is 9.69 Å². The summed E-state index contributed by atoms with van der Waals surface area (Å²) in [5.74, 6) is -0.188. The number of urea groups is 1. The highest BCUT2D eigenvalue weighted by Crippen LogP contribution is 2.23. The van der Waals surface area contributed by atoms with E-state index < -0.39 is 0 Å². The molecule has 4 rings (SSSR count). The normalized spacial score (nSPS) is 14.5. The molecule has 0 bridgehead atoms. The minimum Gasteiger partial charge on any atom is -0.345 e. The molecule has 1 aliphatic rings. The van der Waals surface area contributed by atoms with Crippen LogP contribution in [0.2, 0.25) is 0 Å². The predicted molar refractivity (Wildman–Crippen MR) is 116 cm³/mol. The molecule has 0 spiro atoms. The van der Waals surface area contributed by atoms with Crippen molar-refractivity contribution in [3.05, 3.63) is 77.1 Å². The average molecular weight is 403 g/mol. The average Bonchev–Trinajstić information content (AvgIpc) is 3.34. The predicted octanol–water partition coefficient (Wildman–Crippen LogP) is 3.51. The Labute approximate surface area is 175 Å². The standard InChI is InChI=1S/C23H25N5O2/c1-15-7-4-5-10-21(15)28-17(3)20(14-25-28)16(2)26-22(29)18-8-6-9-19(13-18)27-12-11-24-23(27)30/h4-10,13-14,16H,11-12H2,1-3H3,(H,24,30)(H,26,29). The van der Waals surface area contributed by atoms with Gasteiger partial charge in [-0.1, -0.05) is 24.3 Å². The second kappa shape index (κ2) is 8.02. The molecule has 0 radical (unpaired) electrons. The molecule has 1 saturated heterocycles. The zero-order valence-corrected chi connectivity index (χ0v) is 17.3. The highest BCUT2D eigenvalue weighted by molar-refractivity contribution is 5.98. The van der Waals surface area contributed by atoms with Gasteiger partial charge in [-0.25, -0.2) is 9.48 Å². The van der Waals surface area contributed by atoms with Gasteiger partial charge in [-0.15, -0.1) is 0 Å². The molecule has 2 heterocycles. The Hall–Kier alpha value is -3.61. The number of para-hydroxylation sites is 1. The van der Waals surface area contributed by atoms with E-state index in [1.807, 2.05) is 42.8 Å².